The minimum atomic E-state index is -0.372. The molecule has 0 aliphatic carbocycles. The molecule has 1 aliphatic heterocycles. The van der Waals surface area contributed by atoms with E-state index in [-0.39, 0.29) is 48.8 Å². The number of likely N-dealkylation sites (N-methyl/N-ethyl adjacent to an activating group) is 1. The molecule has 3 aromatic carbocycles. The third-order valence-corrected chi connectivity index (χ3v) is 8.49. The number of hydrogen-bond acceptors (Lipinski definition) is 8. The molecule has 0 saturated heterocycles. The van der Waals surface area contributed by atoms with Crippen LogP contribution in [0.4, 0.5) is 17.1 Å². The molecule has 0 spiro atoms. The summed E-state index contributed by atoms with van der Waals surface area (Å²) in [7, 11) is 2.00. The Labute approximate surface area is 280 Å². The number of ether oxygens (including phenoxy) is 1. The number of nitrogens with one attached hydrogen (secondary N) is 2. The van der Waals surface area contributed by atoms with Crippen molar-refractivity contribution in [1.82, 2.24) is 14.8 Å². The number of pyridine rings is 1. The number of para-hydroxylation sites is 2. The Hall–Kier alpha value is -5.26. The van der Waals surface area contributed by atoms with Crippen LogP contribution in [0.1, 0.15) is 45.7 Å². The number of fused-ring (bicyclic) bond motifs is 1. The van der Waals surface area contributed by atoms with Gasteiger partial charge in [-0.1, -0.05) is 31.2 Å². The van der Waals surface area contributed by atoms with Crippen molar-refractivity contribution in [2.75, 3.05) is 43.1 Å². The number of aliphatic hydroxyl groups excluding tert-OH is 1. The fourth-order valence-corrected chi connectivity index (χ4v) is 5.68. The van der Waals surface area contributed by atoms with Crippen molar-refractivity contribution in [1.29, 1.82) is 0 Å². The quantitative estimate of drug-likeness (QED) is 0.184. The number of nitrogens with two attached hydrogens (primary N) is 1. The second kappa shape index (κ2) is 15.6. The second-order valence-electron chi connectivity index (χ2n) is 12.3. The van der Waals surface area contributed by atoms with Crippen LogP contribution in [0.3, 0.4) is 0 Å². The maximum absolute atomic E-state index is 13.6. The van der Waals surface area contributed by atoms with Crippen molar-refractivity contribution in [3.05, 3.63) is 114 Å². The van der Waals surface area contributed by atoms with E-state index >= 15 is 0 Å². The molecule has 11 heteroatoms. The number of carbonyl (C=O) groups excluding carboxylic acids is 3. The Balaban J connectivity index is 1.31. The van der Waals surface area contributed by atoms with Gasteiger partial charge in [-0.25, -0.2) is 0 Å². The average molecular weight is 651 g/mol. The molecule has 5 N–H and O–H groups in total. The van der Waals surface area contributed by atoms with Gasteiger partial charge in [-0.2, -0.15) is 0 Å². The number of hydrogen-bond donors (Lipinski definition) is 4. The van der Waals surface area contributed by atoms with Crippen molar-refractivity contribution in [3.8, 4) is 5.75 Å². The van der Waals surface area contributed by atoms with Gasteiger partial charge >= 0.3 is 0 Å². The summed E-state index contributed by atoms with van der Waals surface area (Å²) in [6, 6.07) is 22.8. The van der Waals surface area contributed by atoms with E-state index in [1.807, 2.05) is 45.2 Å². The topological polar surface area (TPSA) is 150 Å². The largest absolute Gasteiger partial charge is 0.488 e. The van der Waals surface area contributed by atoms with Gasteiger partial charge in [-0.15, -0.1) is 0 Å². The molecule has 250 valence electrons. The zero-order valence-corrected chi connectivity index (χ0v) is 27.4. The third-order valence-electron chi connectivity index (χ3n) is 8.49. The first-order valence-corrected chi connectivity index (χ1v) is 16.0. The molecule has 1 aromatic heterocycles. The molecular weight excluding hydrogens is 608 g/mol. The minimum absolute atomic E-state index is 0.0602. The van der Waals surface area contributed by atoms with Crippen LogP contribution in [0.5, 0.6) is 5.75 Å². The summed E-state index contributed by atoms with van der Waals surface area (Å²) in [5.41, 5.74) is 10.2. The molecule has 2 heterocycles. The summed E-state index contributed by atoms with van der Waals surface area (Å²) in [6.45, 7) is 5.27. The molecule has 0 bridgehead atoms. The van der Waals surface area contributed by atoms with E-state index in [4.69, 9.17) is 10.5 Å². The number of nitrogens with zero attached hydrogens (tertiary/aromatic N) is 3. The first-order valence-electron chi connectivity index (χ1n) is 16.0. The number of nitrogen functional groups attached to an aromatic ring is 1. The Morgan fingerprint density at radius 2 is 1.71 bits per heavy atom. The first kappa shape index (κ1) is 34.1. The molecule has 3 amide bonds. The van der Waals surface area contributed by atoms with Gasteiger partial charge in [0.05, 0.1) is 30.4 Å². The third kappa shape index (κ3) is 8.55. The van der Waals surface area contributed by atoms with Gasteiger partial charge < -0.3 is 31.1 Å². The number of aliphatic hydroxyl groups is 1. The average Bonchev–Trinajstić information content (AvgIpc) is 3.13. The highest BCUT2D eigenvalue weighted by molar-refractivity contribution is 6.06. The number of aromatic nitrogens is 1. The van der Waals surface area contributed by atoms with Crippen LogP contribution in [0.15, 0.2) is 91.3 Å². The molecule has 11 nitrogen and oxygen atoms in total. The van der Waals surface area contributed by atoms with Gasteiger partial charge in [-0.3, -0.25) is 24.3 Å². The fourth-order valence-electron chi connectivity index (χ4n) is 5.68. The molecular formula is C37H42N6O5. The summed E-state index contributed by atoms with van der Waals surface area (Å²) in [6.07, 6.45) is 2.87. The van der Waals surface area contributed by atoms with Crippen molar-refractivity contribution >= 4 is 34.8 Å². The second-order valence-corrected chi connectivity index (χ2v) is 12.3. The highest BCUT2D eigenvalue weighted by Gasteiger charge is 2.31. The van der Waals surface area contributed by atoms with E-state index in [0.29, 0.717) is 59.1 Å². The van der Waals surface area contributed by atoms with Crippen LogP contribution in [0.25, 0.3) is 0 Å². The molecule has 0 saturated carbocycles. The summed E-state index contributed by atoms with van der Waals surface area (Å²) in [5, 5.41) is 15.7. The Bertz CT molecular complexity index is 1730. The molecule has 48 heavy (non-hydrogen) atoms. The molecule has 0 radical (unpaired) electrons. The van der Waals surface area contributed by atoms with E-state index < -0.39 is 0 Å². The summed E-state index contributed by atoms with van der Waals surface area (Å²) >= 11 is 0. The van der Waals surface area contributed by atoms with Crippen molar-refractivity contribution < 1.29 is 24.2 Å². The van der Waals surface area contributed by atoms with Crippen molar-refractivity contribution in [3.63, 3.8) is 0 Å². The summed E-state index contributed by atoms with van der Waals surface area (Å²) < 4.78 is 6.64. The monoisotopic (exact) mass is 650 g/mol. The van der Waals surface area contributed by atoms with Crippen LogP contribution in [-0.2, 0) is 17.8 Å². The van der Waals surface area contributed by atoms with E-state index in [1.54, 1.807) is 71.9 Å². The maximum atomic E-state index is 13.6. The van der Waals surface area contributed by atoms with E-state index in [9.17, 15) is 19.5 Å². The number of rotatable bonds is 10. The fraction of sp³-hybridized carbons (Fsp3) is 0.297. The minimum Gasteiger partial charge on any atom is -0.488 e. The normalized spacial score (nSPS) is 16.9. The van der Waals surface area contributed by atoms with Gasteiger partial charge in [0, 0.05) is 60.3 Å². The zero-order valence-electron chi connectivity index (χ0n) is 27.4. The maximum Gasteiger partial charge on any atom is 0.255 e. The van der Waals surface area contributed by atoms with Gasteiger partial charge in [0.2, 0.25) is 5.91 Å². The lowest BCUT2D eigenvalue weighted by Crippen LogP contribution is -2.47. The van der Waals surface area contributed by atoms with E-state index in [0.717, 1.165) is 5.56 Å². The smallest absolute Gasteiger partial charge is 0.255 e. The van der Waals surface area contributed by atoms with Crippen LogP contribution in [-0.4, -0.2) is 76.5 Å². The highest BCUT2D eigenvalue weighted by atomic mass is 16.5. The lowest BCUT2D eigenvalue weighted by molar-refractivity contribution is -0.134. The lowest BCUT2D eigenvalue weighted by atomic mass is 10.0. The van der Waals surface area contributed by atoms with Crippen LogP contribution < -0.4 is 21.1 Å². The molecule has 0 fully saturated rings. The van der Waals surface area contributed by atoms with E-state index in [2.05, 4.69) is 20.5 Å². The first-order chi connectivity index (χ1) is 23.1. The number of benzene rings is 3. The predicted octanol–water partition coefficient (Wildman–Crippen LogP) is 4.45. The summed E-state index contributed by atoms with van der Waals surface area (Å²) in [4.78, 5) is 47.0. The Morgan fingerprint density at radius 1 is 1.02 bits per heavy atom. The molecule has 1 aliphatic rings. The number of anilines is 3. The van der Waals surface area contributed by atoms with Gasteiger partial charge in [0.1, 0.15) is 11.9 Å². The Kier molecular flexibility index (Phi) is 11.0. The van der Waals surface area contributed by atoms with Gasteiger partial charge in [-0.05, 0) is 74.1 Å². The Morgan fingerprint density at radius 3 is 2.42 bits per heavy atom. The van der Waals surface area contributed by atoms with Gasteiger partial charge in [0.15, 0.2) is 0 Å². The van der Waals surface area contributed by atoms with Crippen LogP contribution in [0.2, 0.25) is 0 Å². The van der Waals surface area contributed by atoms with Crippen LogP contribution in [0, 0.1) is 5.92 Å². The van der Waals surface area contributed by atoms with Crippen molar-refractivity contribution in [2.45, 2.75) is 39.0 Å². The number of carbonyl (C=O) groups is 3. The van der Waals surface area contributed by atoms with Crippen molar-refractivity contribution in [2.24, 2.45) is 5.92 Å². The molecule has 0 unspecified atom stereocenters. The SMILES string of the molecule is C[C@H]1CN([C@@H](C)CO)C(=O)Cc2cc(NC(=O)c3ccncc3)ccc2O[C@@H]1CN(C)Cc1ccc(C(=O)Nc2ccccc2N)cc1. The summed E-state index contributed by atoms with van der Waals surface area (Å²) in [5.74, 6) is -0.150. The predicted molar refractivity (Wildman–Crippen MR) is 186 cm³/mol. The highest BCUT2D eigenvalue weighted by Crippen LogP contribution is 2.30. The zero-order chi connectivity index (χ0) is 34.2. The van der Waals surface area contributed by atoms with Gasteiger partial charge in [0.25, 0.3) is 11.8 Å². The number of amides is 3. The van der Waals surface area contributed by atoms with Crippen LogP contribution >= 0.6 is 0 Å². The molecule has 5 rings (SSSR count). The molecule has 4 aromatic rings. The molecule has 3 atom stereocenters. The standard InChI is InChI=1S/C37H42N6O5/c1-24-20-43(25(2)23-44)35(45)19-29-18-30(40-36(46)28-14-16-39-17-15-28)12-13-33(29)48-34(24)22-42(3)21-26-8-10-27(11-9-26)37(47)41-32-7-5-4-6-31(32)38/h4-18,24-25,34,44H,19-23,38H2,1-3H3,(H,40,46)(H,41,47)/t24-,25-,34+/m0/s1. The van der Waals surface area contributed by atoms with E-state index in [1.165, 1.54) is 0 Å². The lowest BCUT2D eigenvalue weighted by Gasteiger charge is -2.34.